The summed E-state index contributed by atoms with van der Waals surface area (Å²) < 4.78 is 5.47. The summed E-state index contributed by atoms with van der Waals surface area (Å²) in [5.41, 5.74) is 2.99. The minimum atomic E-state index is -0.213. The molecule has 0 bridgehead atoms. The summed E-state index contributed by atoms with van der Waals surface area (Å²) in [4.78, 5) is 26.7. The summed E-state index contributed by atoms with van der Waals surface area (Å²) >= 11 is 11.9. The molecule has 0 unspecified atom stereocenters. The lowest BCUT2D eigenvalue weighted by Crippen LogP contribution is -2.47. The highest BCUT2D eigenvalue weighted by molar-refractivity contribution is 6.35. The molecule has 0 atom stereocenters. The van der Waals surface area contributed by atoms with Crippen LogP contribution in [0.1, 0.15) is 34.3 Å². The summed E-state index contributed by atoms with van der Waals surface area (Å²) in [7, 11) is 0. The molecule has 0 aliphatic carbocycles. The van der Waals surface area contributed by atoms with Crippen LogP contribution in [0.5, 0.6) is 5.75 Å². The van der Waals surface area contributed by atoms with E-state index >= 15 is 0 Å². The first kappa shape index (κ1) is 21.5. The van der Waals surface area contributed by atoms with Gasteiger partial charge in [-0.3, -0.25) is 9.59 Å². The van der Waals surface area contributed by atoms with Crippen molar-refractivity contribution in [3.63, 3.8) is 0 Å². The largest absolute Gasteiger partial charge is 0.482 e. The number of aryl methyl sites for hydroxylation is 2. The molecule has 2 aromatic carbocycles. The van der Waals surface area contributed by atoms with Gasteiger partial charge in [0.2, 0.25) is 0 Å². The van der Waals surface area contributed by atoms with E-state index in [-0.39, 0.29) is 24.5 Å². The quantitative estimate of drug-likeness (QED) is 0.757. The van der Waals surface area contributed by atoms with Crippen LogP contribution in [0.4, 0.5) is 0 Å². The lowest BCUT2D eigenvalue weighted by atomic mass is 10.0. The fourth-order valence-electron chi connectivity index (χ4n) is 3.29. The van der Waals surface area contributed by atoms with Gasteiger partial charge in [-0.05, 0) is 68.1 Å². The number of benzene rings is 2. The number of amides is 2. The van der Waals surface area contributed by atoms with Gasteiger partial charge in [0.25, 0.3) is 11.8 Å². The number of ether oxygens (including phenoxy) is 1. The predicted molar refractivity (Wildman–Crippen MR) is 115 cm³/mol. The number of nitrogens with zero attached hydrogens (tertiary/aromatic N) is 1. The molecule has 2 amide bonds. The Kier molecular flexibility index (Phi) is 7.04. The van der Waals surface area contributed by atoms with Gasteiger partial charge in [-0.25, -0.2) is 0 Å². The van der Waals surface area contributed by atoms with Gasteiger partial charge in [-0.15, -0.1) is 0 Å². The van der Waals surface area contributed by atoms with E-state index in [0.717, 1.165) is 5.56 Å². The molecule has 154 valence electrons. The molecule has 1 fully saturated rings. The summed E-state index contributed by atoms with van der Waals surface area (Å²) in [6, 6.07) is 10.7. The molecule has 0 saturated carbocycles. The third-order valence-electron chi connectivity index (χ3n) is 5.15. The summed E-state index contributed by atoms with van der Waals surface area (Å²) in [6.07, 6.45) is 1.42. The van der Waals surface area contributed by atoms with E-state index < -0.39 is 0 Å². The number of carbonyl (C=O) groups excluding carboxylic acids is 2. The zero-order chi connectivity index (χ0) is 21.0. The van der Waals surface area contributed by atoms with Crippen molar-refractivity contribution in [1.82, 2.24) is 10.2 Å². The molecule has 0 spiro atoms. The Morgan fingerprint density at radius 3 is 2.45 bits per heavy atom. The van der Waals surface area contributed by atoms with E-state index in [1.54, 1.807) is 18.2 Å². The number of hydrogen-bond donors (Lipinski definition) is 1. The Labute approximate surface area is 180 Å². The standard InChI is InChI=1S/C22H24Cl2N2O3/c1-14-3-4-16(11-15(14)2)22(28)26-9-7-18(8-10-26)25-21(27)13-29-20-6-5-17(23)12-19(20)24/h3-6,11-12,18H,7-10,13H2,1-2H3,(H,25,27). The zero-order valence-electron chi connectivity index (χ0n) is 16.5. The van der Waals surface area contributed by atoms with Crippen LogP contribution >= 0.6 is 23.2 Å². The lowest BCUT2D eigenvalue weighted by Gasteiger charge is -2.32. The summed E-state index contributed by atoms with van der Waals surface area (Å²) in [5.74, 6) is 0.244. The maximum absolute atomic E-state index is 12.7. The van der Waals surface area contributed by atoms with Crippen LogP contribution < -0.4 is 10.1 Å². The molecule has 1 saturated heterocycles. The van der Waals surface area contributed by atoms with Crippen molar-refractivity contribution in [3.05, 3.63) is 63.1 Å². The van der Waals surface area contributed by atoms with Gasteiger partial charge >= 0.3 is 0 Å². The topological polar surface area (TPSA) is 58.6 Å². The van der Waals surface area contributed by atoms with Crippen LogP contribution in [-0.2, 0) is 4.79 Å². The first-order chi connectivity index (χ1) is 13.8. The zero-order valence-corrected chi connectivity index (χ0v) is 18.0. The molecule has 5 nitrogen and oxygen atoms in total. The van der Waals surface area contributed by atoms with Gasteiger partial charge in [-0.2, -0.15) is 0 Å². The average Bonchev–Trinajstić information content (AvgIpc) is 2.69. The van der Waals surface area contributed by atoms with E-state index in [0.29, 0.717) is 47.3 Å². The van der Waals surface area contributed by atoms with Crippen LogP contribution in [0.3, 0.4) is 0 Å². The molecular weight excluding hydrogens is 411 g/mol. The van der Waals surface area contributed by atoms with Gasteiger partial charge in [0.1, 0.15) is 5.75 Å². The minimum Gasteiger partial charge on any atom is -0.482 e. The number of halogens is 2. The van der Waals surface area contributed by atoms with Crippen molar-refractivity contribution in [2.24, 2.45) is 0 Å². The van der Waals surface area contributed by atoms with Gasteiger partial charge < -0.3 is 15.0 Å². The van der Waals surface area contributed by atoms with Gasteiger partial charge in [0.15, 0.2) is 6.61 Å². The smallest absolute Gasteiger partial charge is 0.258 e. The highest BCUT2D eigenvalue weighted by atomic mass is 35.5. The van der Waals surface area contributed by atoms with Gasteiger partial charge in [0, 0.05) is 29.7 Å². The van der Waals surface area contributed by atoms with Crippen molar-refractivity contribution in [1.29, 1.82) is 0 Å². The molecule has 1 aliphatic rings. The monoisotopic (exact) mass is 434 g/mol. The van der Waals surface area contributed by atoms with E-state index in [4.69, 9.17) is 27.9 Å². The van der Waals surface area contributed by atoms with Crippen LogP contribution in [-0.4, -0.2) is 42.5 Å². The second kappa shape index (κ2) is 9.51. The molecule has 1 heterocycles. The number of carbonyl (C=O) groups is 2. The minimum absolute atomic E-state index is 0.0237. The number of hydrogen-bond acceptors (Lipinski definition) is 3. The second-order valence-electron chi connectivity index (χ2n) is 7.30. The molecule has 1 N–H and O–H groups in total. The fraction of sp³-hybridized carbons (Fsp3) is 0.364. The van der Waals surface area contributed by atoms with Gasteiger partial charge in [0.05, 0.1) is 5.02 Å². The van der Waals surface area contributed by atoms with Gasteiger partial charge in [-0.1, -0.05) is 29.3 Å². The maximum atomic E-state index is 12.7. The van der Waals surface area contributed by atoms with Crippen LogP contribution in [0.15, 0.2) is 36.4 Å². The van der Waals surface area contributed by atoms with Crippen LogP contribution in [0.25, 0.3) is 0 Å². The number of nitrogens with one attached hydrogen (secondary N) is 1. The van der Waals surface area contributed by atoms with E-state index in [2.05, 4.69) is 5.32 Å². The van der Waals surface area contributed by atoms with E-state index in [1.165, 1.54) is 5.56 Å². The maximum Gasteiger partial charge on any atom is 0.258 e. The highest BCUT2D eigenvalue weighted by Crippen LogP contribution is 2.27. The molecular formula is C22H24Cl2N2O3. The molecule has 0 aromatic heterocycles. The average molecular weight is 435 g/mol. The Morgan fingerprint density at radius 1 is 1.07 bits per heavy atom. The molecule has 2 aromatic rings. The number of rotatable bonds is 5. The Bertz CT molecular complexity index is 909. The molecule has 1 aliphatic heterocycles. The van der Waals surface area contributed by atoms with Crippen LogP contribution in [0.2, 0.25) is 10.0 Å². The third kappa shape index (κ3) is 5.64. The van der Waals surface area contributed by atoms with Crippen molar-refractivity contribution in [2.45, 2.75) is 32.7 Å². The third-order valence-corrected chi connectivity index (χ3v) is 5.68. The number of piperidine rings is 1. The first-order valence-electron chi connectivity index (χ1n) is 9.57. The fourth-order valence-corrected chi connectivity index (χ4v) is 3.75. The Hall–Kier alpha value is -2.24. The Morgan fingerprint density at radius 2 is 1.79 bits per heavy atom. The van der Waals surface area contributed by atoms with Crippen molar-refractivity contribution in [2.75, 3.05) is 19.7 Å². The predicted octanol–water partition coefficient (Wildman–Crippen LogP) is 4.41. The molecule has 3 rings (SSSR count). The van der Waals surface area contributed by atoms with Crippen molar-refractivity contribution < 1.29 is 14.3 Å². The molecule has 29 heavy (non-hydrogen) atoms. The first-order valence-corrected chi connectivity index (χ1v) is 10.3. The number of likely N-dealkylation sites (tertiary alicyclic amines) is 1. The van der Waals surface area contributed by atoms with Crippen molar-refractivity contribution >= 4 is 35.0 Å². The lowest BCUT2D eigenvalue weighted by molar-refractivity contribution is -0.124. The normalized spacial score (nSPS) is 14.6. The Balaban J connectivity index is 1.46. The van der Waals surface area contributed by atoms with E-state index in [9.17, 15) is 9.59 Å². The van der Waals surface area contributed by atoms with E-state index in [1.807, 2.05) is 36.9 Å². The van der Waals surface area contributed by atoms with Crippen LogP contribution in [0, 0.1) is 13.8 Å². The highest BCUT2D eigenvalue weighted by Gasteiger charge is 2.25. The van der Waals surface area contributed by atoms with Crippen molar-refractivity contribution in [3.8, 4) is 5.75 Å². The second-order valence-corrected chi connectivity index (χ2v) is 8.14. The molecule has 0 radical (unpaired) electrons. The summed E-state index contributed by atoms with van der Waals surface area (Å²) in [6.45, 7) is 5.14. The summed E-state index contributed by atoms with van der Waals surface area (Å²) in [5, 5.41) is 3.84. The molecule has 7 heteroatoms. The SMILES string of the molecule is Cc1ccc(C(=O)N2CCC(NC(=O)COc3ccc(Cl)cc3Cl)CC2)cc1C.